The molecule has 0 bridgehead atoms. The Morgan fingerprint density at radius 3 is 2.58 bits per heavy atom. The first-order chi connectivity index (χ1) is 5.70. The molecule has 0 fully saturated rings. The third kappa shape index (κ3) is 1.62. The summed E-state index contributed by atoms with van der Waals surface area (Å²) in [5.41, 5.74) is 1.33. The molecule has 0 saturated heterocycles. The SMILES string of the molecule is CCc1ccc(Cl)c(C=O)c1Cl. The highest BCUT2D eigenvalue weighted by Gasteiger charge is 2.07. The predicted octanol–water partition coefficient (Wildman–Crippen LogP) is 3.37. The summed E-state index contributed by atoms with van der Waals surface area (Å²) in [6, 6.07) is 3.52. The highest BCUT2D eigenvalue weighted by atomic mass is 35.5. The van der Waals surface area contributed by atoms with E-state index in [1.54, 1.807) is 6.07 Å². The van der Waals surface area contributed by atoms with Gasteiger partial charge in [0.25, 0.3) is 0 Å². The minimum absolute atomic E-state index is 0.387. The molecule has 0 amide bonds. The van der Waals surface area contributed by atoms with Crippen LogP contribution in [-0.2, 0) is 6.42 Å². The summed E-state index contributed by atoms with van der Waals surface area (Å²) in [7, 11) is 0. The van der Waals surface area contributed by atoms with Crippen molar-refractivity contribution in [3.05, 3.63) is 33.3 Å². The molecule has 0 saturated carbocycles. The van der Waals surface area contributed by atoms with Gasteiger partial charge >= 0.3 is 0 Å². The Hall–Kier alpha value is -0.530. The van der Waals surface area contributed by atoms with E-state index in [4.69, 9.17) is 23.2 Å². The van der Waals surface area contributed by atoms with E-state index >= 15 is 0 Å². The van der Waals surface area contributed by atoms with Gasteiger partial charge in [-0.05, 0) is 18.1 Å². The molecule has 0 aromatic heterocycles. The van der Waals surface area contributed by atoms with Gasteiger partial charge in [0.1, 0.15) is 0 Å². The van der Waals surface area contributed by atoms with Crippen molar-refractivity contribution in [3.8, 4) is 0 Å². The highest BCUT2D eigenvalue weighted by Crippen LogP contribution is 2.26. The first-order valence-electron chi connectivity index (χ1n) is 3.62. The Morgan fingerprint density at radius 2 is 2.08 bits per heavy atom. The standard InChI is InChI=1S/C9H8Cl2O/c1-2-6-3-4-8(10)7(5-12)9(6)11/h3-5H,2H2,1H3. The van der Waals surface area contributed by atoms with E-state index in [1.807, 2.05) is 13.0 Å². The fraction of sp³-hybridized carbons (Fsp3) is 0.222. The zero-order valence-electron chi connectivity index (χ0n) is 6.60. The molecule has 0 unspecified atom stereocenters. The van der Waals surface area contributed by atoms with Gasteiger partial charge in [-0.3, -0.25) is 4.79 Å². The van der Waals surface area contributed by atoms with Gasteiger partial charge in [-0.15, -0.1) is 0 Å². The molecule has 1 nitrogen and oxygen atoms in total. The third-order valence-corrected chi connectivity index (χ3v) is 2.48. The lowest BCUT2D eigenvalue weighted by Crippen LogP contribution is -1.89. The van der Waals surface area contributed by atoms with Crippen molar-refractivity contribution in [1.82, 2.24) is 0 Å². The molecule has 12 heavy (non-hydrogen) atoms. The van der Waals surface area contributed by atoms with Crippen molar-refractivity contribution in [1.29, 1.82) is 0 Å². The maximum absolute atomic E-state index is 10.5. The van der Waals surface area contributed by atoms with Crippen LogP contribution in [0.3, 0.4) is 0 Å². The quantitative estimate of drug-likeness (QED) is 0.673. The Bertz CT molecular complexity index is 308. The Balaban J connectivity index is 3.33. The van der Waals surface area contributed by atoms with Crippen LogP contribution in [0.1, 0.15) is 22.8 Å². The summed E-state index contributed by atoms with van der Waals surface area (Å²) in [6.07, 6.45) is 1.49. The van der Waals surface area contributed by atoms with Gasteiger partial charge in [-0.1, -0.05) is 36.2 Å². The molecule has 1 aromatic rings. The van der Waals surface area contributed by atoms with Crippen molar-refractivity contribution in [2.45, 2.75) is 13.3 Å². The number of aldehydes is 1. The van der Waals surface area contributed by atoms with Crippen LogP contribution in [0.4, 0.5) is 0 Å². The predicted molar refractivity (Wildman–Crippen MR) is 51.2 cm³/mol. The van der Waals surface area contributed by atoms with Gasteiger partial charge in [0, 0.05) is 0 Å². The second-order valence-corrected chi connectivity index (χ2v) is 3.19. The zero-order chi connectivity index (χ0) is 9.14. The Kier molecular flexibility index (Phi) is 3.12. The number of hydrogen-bond donors (Lipinski definition) is 0. The Morgan fingerprint density at radius 1 is 1.42 bits per heavy atom. The first-order valence-corrected chi connectivity index (χ1v) is 4.38. The average Bonchev–Trinajstić information content (AvgIpc) is 2.06. The second kappa shape index (κ2) is 3.92. The van der Waals surface area contributed by atoms with Gasteiger partial charge in [0.15, 0.2) is 6.29 Å². The molecular formula is C9H8Cl2O. The number of aryl methyl sites for hydroxylation is 1. The maximum atomic E-state index is 10.5. The fourth-order valence-electron chi connectivity index (χ4n) is 0.996. The van der Waals surface area contributed by atoms with Crippen molar-refractivity contribution < 1.29 is 4.79 Å². The zero-order valence-corrected chi connectivity index (χ0v) is 8.12. The molecule has 3 heteroatoms. The molecule has 0 radical (unpaired) electrons. The van der Waals surface area contributed by atoms with Gasteiger partial charge in [-0.2, -0.15) is 0 Å². The van der Waals surface area contributed by atoms with E-state index in [-0.39, 0.29) is 0 Å². The van der Waals surface area contributed by atoms with E-state index in [0.29, 0.717) is 21.9 Å². The van der Waals surface area contributed by atoms with Crippen LogP contribution in [-0.4, -0.2) is 6.29 Å². The number of carbonyl (C=O) groups is 1. The lowest BCUT2D eigenvalue weighted by molar-refractivity contribution is 0.112. The van der Waals surface area contributed by atoms with E-state index < -0.39 is 0 Å². The lowest BCUT2D eigenvalue weighted by atomic mass is 10.1. The smallest absolute Gasteiger partial charge is 0.153 e. The summed E-state index contributed by atoms with van der Waals surface area (Å²) in [5.74, 6) is 0. The summed E-state index contributed by atoms with van der Waals surface area (Å²) in [6.45, 7) is 1.98. The van der Waals surface area contributed by atoms with Crippen LogP contribution < -0.4 is 0 Å². The molecule has 0 N–H and O–H groups in total. The van der Waals surface area contributed by atoms with Crippen LogP contribution >= 0.6 is 23.2 Å². The van der Waals surface area contributed by atoms with Gasteiger partial charge in [-0.25, -0.2) is 0 Å². The van der Waals surface area contributed by atoms with Crippen molar-refractivity contribution in [3.63, 3.8) is 0 Å². The Labute approximate surface area is 81.3 Å². The molecule has 0 heterocycles. The molecule has 1 aromatic carbocycles. The van der Waals surface area contributed by atoms with Gasteiger partial charge in [0.05, 0.1) is 15.6 Å². The minimum atomic E-state index is 0.387. The number of hydrogen-bond acceptors (Lipinski definition) is 1. The monoisotopic (exact) mass is 202 g/mol. The van der Waals surface area contributed by atoms with E-state index in [1.165, 1.54) is 0 Å². The molecule has 0 aliphatic carbocycles. The molecule has 0 atom stereocenters. The van der Waals surface area contributed by atoms with Crippen LogP contribution in [0, 0.1) is 0 Å². The summed E-state index contributed by atoms with van der Waals surface area (Å²) >= 11 is 11.6. The van der Waals surface area contributed by atoms with Crippen LogP contribution in [0.15, 0.2) is 12.1 Å². The third-order valence-electron chi connectivity index (χ3n) is 1.71. The van der Waals surface area contributed by atoms with Crippen LogP contribution in [0.2, 0.25) is 10.0 Å². The largest absolute Gasteiger partial charge is 0.298 e. The molecular weight excluding hydrogens is 195 g/mol. The van der Waals surface area contributed by atoms with Crippen molar-refractivity contribution in [2.75, 3.05) is 0 Å². The van der Waals surface area contributed by atoms with E-state index in [9.17, 15) is 4.79 Å². The van der Waals surface area contributed by atoms with Crippen LogP contribution in [0.5, 0.6) is 0 Å². The van der Waals surface area contributed by atoms with Gasteiger partial charge in [0.2, 0.25) is 0 Å². The second-order valence-electron chi connectivity index (χ2n) is 2.41. The van der Waals surface area contributed by atoms with E-state index in [0.717, 1.165) is 12.0 Å². The average molecular weight is 203 g/mol. The maximum Gasteiger partial charge on any atom is 0.153 e. The van der Waals surface area contributed by atoms with Crippen molar-refractivity contribution in [2.24, 2.45) is 0 Å². The number of benzene rings is 1. The first kappa shape index (κ1) is 9.56. The summed E-state index contributed by atoms with van der Waals surface area (Å²) < 4.78 is 0. The summed E-state index contributed by atoms with van der Waals surface area (Å²) in [4.78, 5) is 10.5. The number of halogens is 2. The number of rotatable bonds is 2. The molecule has 0 spiro atoms. The topological polar surface area (TPSA) is 17.1 Å². The molecule has 1 rings (SSSR count). The minimum Gasteiger partial charge on any atom is -0.298 e. The lowest BCUT2D eigenvalue weighted by Gasteiger charge is -2.04. The van der Waals surface area contributed by atoms with Crippen molar-refractivity contribution >= 4 is 29.5 Å². The van der Waals surface area contributed by atoms with E-state index in [2.05, 4.69) is 0 Å². The van der Waals surface area contributed by atoms with Crippen LogP contribution in [0.25, 0.3) is 0 Å². The molecule has 0 aliphatic heterocycles. The highest BCUT2D eigenvalue weighted by molar-refractivity contribution is 6.38. The normalized spacial score (nSPS) is 9.92. The van der Waals surface area contributed by atoms with Gasteiger partial charge < -0.3 is 0 Å². The molecule has 64 valence electrons. The molecule has 0 aliphatic rings. The number of carbonyl (C=O) groups excluding carboxylic acids is 1. The fourth-order valence-corrected chi connectivity index (χ4v) is 1.59. The summed E-state index contributed by atoms with van der Waals surface area (Å²) in [5, 5.41) is 0.882.